The highest BCUT2D eigenvalue weighted by Gasteiger charge is 2.07. The molecule has 0 saturated heterocycles. The monoisotopic (exact) mass is 251 g/mol. The highest BCUT2D eigenvalue weighted by atomic mass is 16.5. The molecule has 0 fully saturated rings. The summed E-state index contributed by atoms with van der Waals surface area (Å²) in [6.45, 7) is 3.03. The van der Waals surface area contributed by atoms with Crippen LogP contribution in [0.1, 0.15) is 18.9 Å². The van der Waals surface area contributed by atoms with Gasteiger partial charge in [-0.05, 0) is 31.0 Å². The standard InChI is InChI=1S/C13H21N3O2/c1-10(6-7-18-2)15-13(17)16-12-5-3-4-11(8-12)9-14/h3-5,8,10H,6-7,9,14H2,1-2H3,(H2,15,16,17). The van der Waals surface area contributed by atoms with Crippen molar-refractivity contribution in [2.45, 2.75) is 25.9 Å². The molecule has 1 aromatic carbocycles. The van der Waals surface area contributed by atoms with Crippen LogP contribution in [0.15, 0.2) is 24.3 Å². The maximum absolute atomic E-state index is 11.7. The van der Waals surface area contributed by atoms with Crippen LogP contribution in [0.25, 0.3) is 0 Å². The first-order chi connectivity index (χ1) is 8.65. The van der Waals surface area contributed by atoms with Crippen molar-refractivity contribution in [3.8, 4) is 0 Å². The lowest BCUT2D eigenvalue weighted by atomic mass is 10.2. The number of carbonyl (C=O) groups excluding carboxylic acids is 1. The van der Waals surface area contributed by atoms with Gasteiger partial charge in [0.15, 0.2) is 0 Å². The molecule has 0 saturated carbocycles. The molecule has 0 heterocycles. The Morgan fingerprint density at radius 3 is 2.94 bits per heavy atom. The average Bonchev–Trinajstić information content (AvgIpc) is 2.36. The summed E-state index contributed by atoms with van der Waals surface area (Å²) in [6.07, 6.45) is 0.784. The van der Waals surface area contributed by atoms with Crippen LogP contribution in [0.3, 0.4) is 0 Å². The summed E-state index contributed by atoms with van der Waals surface area (Å²) in [6, 6.07) is 7.34. The van der Waals surface area contributed by atoms with E-state index in [4.69, 9.17) is 10.5 Å². The van der Waals surface area contributed by atoms with Crippen LogP contribution in [0, 0.1) is 0 Å². The molecule has 0 aliphatic heterocycles. The predicted octanol–water partition coefficient (Wildman–Crippen LogP) is 1.69. The van der Waals surface area contributed by atoms with E-state index in [0.717, 1.165) is 17.7 Å². The number of benzene rings is 1. The third-order valence-electron chi connectivity index (χ3n) is 2.55. The lowest BCUT2D eigenvalue weighted by Crippen LogP contribution is -2.36. The number of methoxy groups -OCH3 is 1. The molecular formula is C13H21N3O2. The molecule has 0 aliphatic rings. The van der Waals surface area contributed by atoms with Gasteiger partial charge in [0, 0.05) is 32.0 Å². The molecular weight excluding hydrogens is 230 g/mol. The molecule has 18 heavy (non-hydrogen) atoms. The Morgan fingerprint density at radius 2 is 2.28 bits per heavy atom. The second-order valence-electron chi connectivity index (χ2n) is 4.19. The fraction of sp³-hybridized carbons (Fsp3) is 0.462. The minimum atomic E-state index is -0.215. The molecule has 0 spiro atoms. The minimum absolute atomic E-state index is 0.0719. The fourth-order valence-corrected chi connectivity index (χ4v) is 1.53. The Balaban J connectivity index is 2.43. The Bertz CT molecular complexity index is 382. The summed E-state index contributed by atoms with van der Waals surface area (Å²) in [5, 5.41) is 5.62. The smallest absolute Gasteiger partial charge is 0.319 e. The number of hydrogen-bond acceptors (Lipinski definition) is 3. The number of carbonyl (C=O) groups is 1. The molecule has 100 valence electrons. The highest BCUT2D eigenvalue weighted by molar-refractivity contribution is 5.89. The largest absolute Gasteiger partial charge is 0.385 e. The zero-order chi connectivity index (χ0) is 13.4. The van der Waals surface area contributed by atoms with Crippen molar-refractivity contribution in [3.05, 3.63) is 29.8 Å². The summed E-state index contributed by atoms with van der Waals surface area (Å²) in [5.74, 6) is 0. The van der Waals surface area contributed by atoms with Gasteiger partial charge in [0.25, 0.3) is 0 Å². The lowest BCUT2D eigenvalue weighted by Gasteiger charge is -2.14. The average molecular weight is 251 g/mol. The van der Waals surface area contributed by atoms with E-state index in [0.29, 0.717) is 13.2 Å². The van der Waals surface area contributed by atoms with Crippen molar-refractivity contribution in [2.75, 3.05) is 19.0 Å². The normalized spacial score (nSPS) is 11.9. The van der Waals surface area contributed by atoms with E-state index >= 15 is 0 Å². The summed E-state index contributed by atoms with van der Waals surface area (Å²) in [7, 11) is 1.64. The van der Waals surface area contributed by atoms with Gasteiger partial charge in [-0.15, -0.1) is 0 Å². The van der Waals surface area contributed by atoms with Gasteiger partial charge in [0.05, 0.1) is 0 Å². The van der Waals surface area contributed by atoms with Crippen molar-refractivity contribution in [3.63, 3.8) is 0 Å². The first kappa shape index (κ1) is 14.5. The van der Waals surface area contributed by atoms with Crippen molar-refractivity contribution >= 4 is 11.7 Å². The van der Waals surface area contributed by atoms with Crippen LogP contribution in [-0.4, -0.2) is 25.8 Å². The second kappa shape index (κ2) is 7.68. The van der Waals surface area contributed by atoms with Crippen LogP contribution in [0.5, 0.6) is 0 Å². The fourth-order valence-electron chi connectivity index (χ4n) is 1.53. The molecule has 1 aromatic rings. The predicted molar refractivity (Wildman–Crippen MR) is 72.4 cm³/mol. The van der Waals surface area contributed by atoms with Crippen molar-refractivity contribution in [1.29, 1.82) is 0 Å². The lowest BCUT2D eigenvalue weighted by molar-refractivity contribution is 0.185. The second-order valence-corrected chi connectivity index (χ2v) is 4.19. The number of ether oxygens (including phenoxy) is 1. The number of amides is 2. The number of nitrogens with two attached hydrogens (primary N) is 1. The quantitative estimate of drug-likeness (QED) is 0.720. The van der Waals surface area contributed by atoms with E-state index in [1.54, 1.807) is 7.11 Å². The number of nitrogens with one attached hydrogen (secondary N) is 2. The van der Waals surface area contributed by atoms with Crippen LogP contribution >= 0.6 is 0 Å². The highest BCUT2D eigenvalue weighted by Crippen LogP contribution is 2.09. The van der Waals surface area contributed by atoms with E-state index in [-0.39, 0.29) is 12.1 Å². The summed E-state index contributed by atoms with van der Waals surface area (Å²) in [5.41, 5.74) is 7.27. The maximum atomic E-state index is 11.7. The topological polar surface area (TPSA) is 76.4 Å². The van der Waals surface area contributed by atoms with Crippen LogP contribution in [0.2, 0.25) is 0 Å². The van der Waals surface area contributed by atoms with Gasteiger partial charge < -0.3 is 21.1 Å². The summed E-state index contributed by atoms with van der Waals surface area (Å²) in [4.78, 5) is 11.7. The van der Waals surface area contributed by atoms with E-state index < -0.39 is 0 Å². The van der Waals surface area contributed by atoms with Crippen molar-refractivity contribution in [2.24, 2.45) is 5.73 Å². The van der Waals surface area contributed by atoms with Gasteiger partial charge in [-0.1, -0.05) is 12.1 Å². The van der Waals surface area contributed by atoms with Crippen molar-refractivity contribution in [1.82, 2.24) is 5.32 Å². The van der Waals surface area contributed by atoms with E-state index in [9.17, 15) is 4.79 Å². The molecule has 1 atom stereocenters. The van der Waals surface area contributed by atoms with E-state index in [2.05, 4.69) is 10.6 Å². The van der Waals surface area contributed by atoms with E-state index in [1.165, 1.54) is 0 Å². The van der Waals surface area contributed by atoms with Gasteiger partial charge >= 0.3 is 6.03 Å². The van der Waals surface area contributed by atoms with Gasteiger partial charge in [-0.3, -0.25) is 0 Å². The molecule has 0 aromatic heterocycles. The molecule has 2 amide bonds. The van der Waals surface area contributed by atoms with Gasteiger partial charge in [0.2, 0.25) is 0 Å². The molecule has 1 unspecified atom stereocenters. The van der Waals surface area contributed by atoms with Crippen molar-refractivity contribution < 1.29 is 9.53 Å². The third-order valence-corrected chi connectivity index (χ3v) is 2.55. The summed E-state index contributed by atoms with van der Waals surface area (Å²) >= 11 is 0. The molecule has 0 aliphatic carbocycles. The number of hydrogen-bond donors (Lipinski definition) is 3. The SMILES string of the molecule is COCCC(C)NC(=O)Nc1cccc(CN)c1. The molecule has 4 N–H and O–H groups in total. The van der Waals surface area contributed by atoms with Gasteiger partial charge in [-0.2, -0.15) is 0 Å². The zero-order valence-electron chi connectivity index (χ0n) is 10.9. The minimum Gasteiger partial charge on any atom is -0.385 e. The number of urea groups is 1. The Hall–Kier alpha value is -1.59. The summed E-state index contributed by atoms with van der Waals surface area (Å²) < 4.78 is 4.96. The maximum Gasteiger partial charge on any atom is 0.319 e. The third kappa shape index (κ3) is 5.16. The van der Waals surface area contributed by atoms with Crippen LogP contribution < -0.4 is 16.4 Å². The first-order valence-electron chi connectivity index (χ1n) is 6.01. The Labute approximate surface area is 108 Å². The molecule has 1 rings (SSSR count). The van der Waals surface area contributed by atoms with Crippen LogP contribution in [-0.2, 0) is 11.3 Å². The molecule has 5 heteroatoms. The molecule has 5 nitrogen and oxygen atoms in total. The van der Waals surface area contributed by atoms with E-state index in [1.807, 2.05) is 31.2 Å². The van der Waals surface area contributed by atoms with Gasteiger partial charge in [-0.25, -0.2) is 4.79 Å². The molecule has 0 bridgehead atoms. The van der Waals surface area contributed by atoms with Crippen LogP contribution in [0.4, 0.5) is 10.5 Å². The van der Waals surface area contributed by atoms with Gasteiger partial charge in [0.1, 0.15) is 0 Å². The molecule has 0 radical (unpaired) electrons. The first-order valence-corrected chi connectivity index (χ1v) is 6.01. The Kier molecular flexibility index (Phi) is 6.18. The number of rotatable bonds is 6. The zero-order valence-corrected chi connectivity index (χ0v) is 10.9. The number of anilines is 1. The Morgan fingerprint density at radius 1 is 1.50 bits per heavy atom.